The number of rotatable bonds is 5. The topological polar surface area (TPSA) is 24.5 Å². The van der Waals surface area contributed by atoms with Crippen molar-refractivity contribution in [3.05, 3.63) is 58.6 Å². The highest BCUT2D eigenvalue weighted by molar-refractivity contribution is 8.00. The van der Waals surface area contributed by atoms with E-state index in [1.807, 2.05) is 6.07 Å². The largest absolute Gasteiger partial charge is 0.385 e. The van der Waals surface area contributed by atoms with E-state index in [-0.39, 0.29) is 6.04 Å². The molecule has 3 rings (SSSR count). The monoisotopic (exact) mass is 348 g/mol. The average Bonchev–Trinajstić information content (AvgIpc) is 2.67. The number of hydrogen-bond donors (Lipinski definition) is 1. The highest BCUT2D eigenvalue weighted by Gasteiger charge is 2.26. The molecule has 1 N–H and O–H groups in total. The van der Waals surface area contributed by atoms with Crippen molar-refractivity contribution in [2.75, 3.05) is 31.6 Å². The second kappa shape index (κ2) is 7.58. The second-order valence-corrected chi connectivity index (χ2v) is 7.17. The first kappa shape index (κ1) is 16.7. The number of halogens is 1. The molecule has 0 fully saturated rings. The van der Waals surface area contributed by atoms with Gasteiger partial charge in [0.1, 0.15) is 0 Å². The van der Waals surface area contributed by atoms with Gasteiger partial charge in [-0.3, -0.25) is 0 Å². The van der Waals surface area contributed by atoms with E-state index in [2.05, 4.69) is 53.1 Å². The predicted octanol–water partition coefficient (Wildman–Crippen LogP) is 4.51. The standard InChI is InChI=1S/C18H21ClN2OS/c1-21-16-7-4-3-6-14(16)18(20-10-5-11-22-2)15-12-13(19)8-9-17(15)23-21/h3-4,6-9,12,18,20H,5,10-11H2,1-2H3. The molecule has 1 heterocycles. The number of hydrogen-bond acceptors (Lipinski definition) is 4. The van der Waals surface area contributed by atoms with Gasteiger partial charge in [0, 0.05) is 30.7 Å². The first-order valence-corrected chi connectivity index (χ1v) is 8.88. The summed E-state index contributed by atoms with van der Waals surface area (Å²) in [5.41, 5.74) is 3.74. The van der Waals surface area contributed by atoms with Crippen LogP contribution in [-0.2, 0) is 4.74 Å². The third kappa shape index (κ3) is 3.66. The van der Waals surface area contributed by atoms with E-state index < -0.39 is 0 Å². The zero-order valence-electron chi connectivity index (χ0n) is 13.4. The van der Waals surface area contributed by atoms with Crippen LogP contribution < -0.4 is 9.62 Å². The van der Waals surface area contributed by atoms with Crippen LogP contribution in [-0.4, -0.2) is 27.3 Å². The summed E-state index contributed by atoms with van der Waals surface area (Å²) in [7, 11) is 3.84. The second-order valence-electron chi connectivity index (χ2n) is 5.56. The Bertz CT molecular complexity index is 680. The van der Waals surface area contributed by atoms with E-state index in [1.165, 1.54) is 21.7 Å². The smallest absolute Gasteiger partial charge is 0.0609 e. The van der Waals surface area contributed by atoms with Gasteiger partial charge in [0.05, 0.1) is 11.7 Å². The third-order valence-corrected chi connectivity index (χ3v) is 5.25. The molecule has 0 bridgehead atoms. The van der Waals surface area contributed by atoms with Gasteiger partial charge in [-0.2, -0.15) is 0 Å². The molecule has 1 unspecified atom stereocenters. The summed E-state index contributed by atoms with van der Waals surface area (Å²) in [5.74, 6) is 0. The van der Waals surface area contributed by atoms with Gasteiger partial charge in [0.15, 0.2) is 0 Å². The van der Waals surface area contributed by atoms with Crippen molar-refractivity contribution in [1.29, 1.82) is 0 Å². The van der Waals surface area contributed by atoms with Crippen molar-refractivity contribution in [3.8, 4) is 0 Å². The Morgan fingerprint density at radius 3 is 2.87 bits per heavy atom. The zero-order chi connectivity index (χ0) is 16.2. The van der Waals surface area contributed by atoms with Crippen LogP contribution in [0.15, 0.2) is 47.4 Å². The highest BCUT2D eigenvalue weighted by atomic mass is 35.5. The van der Waals surface area contributed by atoms with Crippen molar-refractivity contribution in [2.45, 2.75) is 17.4 Å². The van der Waals surface area contributed by atoms with Gasteiger partial charge in [0.2, 0.25) is 0 Å². The molecule has 1 atom stereocenters. The van der Waals surface area contributed by atoms with E-state index in [1.54, 1.807) is 19.1 Å². The molecule has 0 saturated carbocycles. The summed E-state index contributed by atoms with van der Waals surface area (Å²) in [6.45, 7) is 1.66. The Morgan fingerprint density at radius 1 is 1.22 bits per heavy atom. The number of para-hydroxylation sites is 1. The molecule has 2 aromatic rings. The van der Waals surface area contributed by atoms with Gasteiger partial charge in [-0.1, -0.05) is 29.8 Å². The fourth-order valence-electron chi connectivity index (χ4n) is 2.89. The molecule has 3 nitrogen and oxygen atoms in total. The number of benzene rings is 2. The molecule has 1 aliphatic heterocycles. The molecule has 5 heteroatoms. The number of fused-ring (bicyclic) bond motifs is 2. The van der Waals surface area contributed by atoms with E-state index in [0.29, 0.717) is 0 Å². The van der Waals surface area contributed by atoms with E-state index >= 15 is 0 Å². The maximum absolute atomic E-state index is 6.27. The van der Waals surface area contributed by atoms with E-state index in [9.17, 15) is 0 Å². The Kier molecular flexibility index (Phi) is 5.49. The summed E-state index contributed by atoms with van der Waals surface area (Å²) >= 11 is 8.01. The van der Waals surface area contributed by atoms with Gasteiger partial charge in [-0.15, -0.1) is 0 Å². The van der Waals surface area contributed by atoms with Crippen LogP contribution in [0.5, 0.6) is 0 Å². The summed E-state index contributed by atoms with van der Waals surface area (Å²) in [5, 5.41) is 4.45. The normalized spacial score (nSPS) is 16.7. The molecule has 0 radical (unpaired) electrons. The summed E-state index contributed by atoms with van der Waals surface area (Å²) in [6.07, 6.45) is 0.980. The van der Waals surface area contributed by atoms with E-state index in [0.717, 1.165) is 24.6 Å². The molecule has 0 spiro atoms. The van der Waals surface area contributed by atoms with Crippen LogP contribution in [0.2, 0.25) is 5.02 Å². The average molecular weight is 349 g/mol. The lowest BCUT2D eigenvalue weighted by Crippen LogP contribution is -2.25. The predicted molar refractivity (Wildman–Crippen MR) is 98.5 cm³/mol. The Morgan fingerprint density at radius 2 is 2.04 bits per heavy atom. The molecule has 122 valence electrons. The Hall–Kier alpha value is -1.20. The van der Waals surface area contributed by atoms with Crippen molar-refractivity contribution < 1.29 is 4.74 Å². The lowest BCUT2D eigenvalue weighted by Gasteiger charge is -2.22. The molecule has 0 aromatic heterocycles. The van der Waals surface area contributed by atoms with Crippen LogP contribution in [0.25, 0.3) is 0 Å². The van der Waals surface area contributed by atoms with Crippen molar-refractivity contribution in [3.63, 3.8) is 0 Å². The fourth-order valence-corrected chi connectivity index (χ4v) is 4.04. The molecular weight excluding hydrogens is 328 g/mol. The van der Waals surface area contributed by atoms with Crippen molar-refractivity contribution >= 4 is 29.2 Å². The van der Waals surface area contributed by atoms with Gasteiger partial charge < -0.3 is 14.4 Å². The van der Waals surface area contributed by atoms with Crippen LogP contribution in [0.1, 0.15) is 23.6 Å². The zero-order valence-corrected chi connectivity index (χ0v) is 15.0. The Balaban J connectivity index is 2.00. The van der Waals surface area contributed by atoms with E-state index in [4.69, 9.17) is 16.3 Å². The molecule has 1 aliphatic rings. The van der Waals surface area contributed by atoms with Crippen molar-refractivity contribution in [2.24, 2.45) is 0 Å². The molecule has 2 aromatic carbocycles. The lowest BCUT2D eigenvalue weighted by molar-refractivity contribution is 0.193. The number of nitrogens with zero attached hydrogens (tertiary/aromatic N) is 1. The van der Waals surface area contributed by atoms with Gasteiger partial charge in [0.25, 0.3) is 0 Å². The first-order chi connectivity index (χ1) is 11.2. The molecule has 23 heavy (non-hydrogen) atoms. The summed E-state index contributed by atoms with van der Waals surface area (Å²) < 4.78 is 7.38. The minimum atomic E-state index is 0.134. The van der Waals surface area contributed by atoms with Gasteiger partial charge >= 0.3 is 0 Å². The highest BCUT2D eigenvalue weighted by Crippen LogP contribution is 2.43. The number of ether oxygens (including phenoxy) is 1. The molecular formula is C18H21ClN2OS. The van der Waals surface area contributed by atoms with Crippen molar-refractivity contribution in [1.82, 2.24) is 5.32 Å². The summed E-state index contributed by atoms with van der Waals surface area (Å²) in [4.78, 5) is 1.23. The fraction of sp³-hybridized carbons (Fsp3) is 0.333. The van der Waals surface area contributed by atoms with Gasteiger partial charge in [-0.05, 0) is 60.3 Å². The van der Waals surface area contributed by atoms with Crippen LogP contribution >= 0.6 is 23.5 Å². The molecule has 0 aliphatic carbocycles. The SMILES string of the molecule is COCCCNC1c2cc(Cl)ccc2SN(C)c2ccccc21. The van der Waals surface area contributed by atoms with Crippen LogP contribution in [0, 0.1) is 0 Å². The van der Waals surface area contributed by atoms with Crippen LogP contribution in [0.3, 0.4) is 0 Å². The molecule has 0 amide bonds. The molecule has 0 saturated heterocycles. The number of nitrogens with one attached hydrogen (secondary N) is 1. The van der Waals surface area contributed by atoms with Gasteiger partial charge in [-0.25, -0.2) is 0 Å². The Labute approximate surface area is 147 Å². The minimum Gasteiger partial charge on any atom is -0.385 e. The number of anilines is 1. The first-order valence-electron chi connectivity index (χ1n) is 7.73. The maximum Gasteiger partial charge on any atom is 0.0609 e. The number of methoxy groups -OCH3 is 1. The quantitative estimate of drug-likeness (QED) is 0.634. The lowest BCUT2D eigenvalue weighted by atomic mass is 9.97. The van der Waals surface area contributed by atoms with Crippen LogP contribution in [0.4, 0.5) is 5.69 Å². The minimum absolute atomic E-state index is 0.134. The summed E-state index contributed by atoms with van der Waals surface area (Å²) in [6, 6.07) is 14.8. The third-order valence-electron chi connectivity index (χ3n) is 3.98. The maximum atomic E-state index is 6.27.